The topological polar surface area (TPSA) is 101 Å². The van der Waals surface area contributed by atoms with Crippen molar-refractivity contribution in [2.45, 2.75) is 92.3 Å². The molecular weight excluding hydrogens is 572 g/mol. The number of hydrogen-bond acceptors (Lipinski definition) is 9. The molecule has 0 amide bonds. The van der Waals surface area contributed by atoms with Crippen LogP contribution >= 0.6 is 0 Å². The van der Waals surface area contributed by atoms with Gasteiger partial charge >= 0.3 is 0 Å². The van der Waals surface area contributed by atoms with Gasteiger partial charge in [-0.3, -0.25) is 4.79 Å². The van der Waals surface area contributed by atoms with E-state index in [9.17, 15) is 15.0 Å². The van der Waals surface area contributed by atoms with E-state index in [0.29, 0.717) is 55.1 Å². The van der Waals surface area contributed by atoms with Gasteiger partial charge in [-0.2, -0.15) is 0 Å². The molecule has 2 saturated carbocycles. The molecule has 4 bridgehead atoms. The minimum absolute atomic E-state index is 0.0680. The molecule has 5 aliphatic heterocycles. The lowest BCUT2D eigenvalue weighted by Gasteiger charge is -2.60. The van der Waals surface area contributed by atoms with E-state index in [-0.39, 0.29) is 40.3 Å². The summed E-state index contributed by atoms with van der Waals surface area (Å²) in [6.45, 7) is 3.34. The highest BCUT2D eigenvalue weighted by molar-refractivity contribution is 5.89. The molecule has 0 aromatic heterocycles. The number of aromatic hydroxyl groups is 2. The van der Waals surface area contributed by atoms with Gasteiger partial charge in [-0.15, -0.1) is 0 Å². The first-order valence-electron chi connectivity index (χ1n) is 17.0. The Kier molecular flexibility index (Phi) is 5.42. The van der Waals surface area contributed by atoms with E-state index in [0.717, 1.165) is 63.6 Å². The number of nitrogens with zero attached hydrogens (tertiary/aromatic N) is 2. The zero-order valence-electron chi connectivity index (χ0n) is 26.1. The van der Waals surface area contributed by atoms with Crippen molar-refractivity contribution in [1.82, 2.24) is 9.80 Å². The molecule has 9 aliphatic rings. The summed E-state index contributed by atoms with van der Waals surface area (Å²) in [6, 6.07) is 8.70. The average Bonchev–Trinajstić information content (AvgIpc) is 3.75. The van der Waals surface area contributed by atoms with E-state index in [4.69, 9.17) is 18.9 Å². The predicted molar refractivity (Wildman–Crippen MR) is 163 cm³/mol. The molecule has 5 heterocycles. The van der Waals surface area contributed by atoms with Crippen molar-refractivity contribution in [3.05, 3.63) is 46.5 Å². The first-order valence-corrected chi connectivity index (χ1v) is 17.0. The van der Waals surface area contributed by atoms with Gasteiger partial charge in [0.25, 0.3) is 0 Å². The summed E-state index contributed by atoms with van der Waals surface area (Å²) in [5, 5.41) is 20.7. The Morgan fingerprint density at radius 2 is 1.33 bits per heavy atom. The highest BCUT2D eigenvalue weighted by Crippen LogP contribution is 2.67. The van der Waals surface area contributed by atoms with Crippen molar-refractivity contribution < 1.29 is 34.0 Å². The van der Waals surface area contributed by atoms with Crippen molar-refractivity contribution in [3.8, 4) is 23.0 Å². The fourth-order valence-electron chi connectivity index (χ4n) is 12.0. The second kappa shape index (κ2) is 8.94. The number of Topliss-reactive ketones (excluding diaryl/α,β-unsaturated/α-hetero) is 1. The van der Waals surface area contributed by atoms with Crippen LogP contribution in [-0.2, 0) is 37.9 Å². The van der Waals surface area contributed by atoms with Gasteiger partial charge < -0.3 is 39.0 Å². The molecule has 45 heavy (non-hydrogen) atoms. The summed E-state index contributed by atoms with van der Waals surface area (Å²) >= 11 is 0. The Morgan fingerprint density at radius 1 is 0.756 bits per heavy atom. The van der Waals surface area contributed by atoms with Gasteiger partial charge in [0.2, 0.25) is 5.79 Å². The van der Waals surface area contributed by atoms with Crippen LogP contribution in [0.25, 0.3) is 0 Å². The second-order valence-corrected chi connectivity index (χ2v) is 15.2. The van der Waals surface area contributed by atoms with Crippen LogP contribution in [0.5, 0.6) is 23.0 Å². The van der Waals surface area contributed by atoms with Crippen molar-refractivity contribution in [3.63, 3.8) is 0 Å². The smallest absolute Gasteiger partial charge is 0.206 e. The van der Waals surface area contributed by atoms with E-state index < -0.39 is 5.79 Å². The maximum Gasteiger partial charge on any atom is 0.206 e. The Morgan fingerprint density at radius 3 is 2.00 bits per heavy atom. The molecule has 3 spiro atoms. The van der Waals surface area contributed by atoms with E-state index in [1.54, 1.807) is 12.1 Å². The molecule has 2 N–H and O–H groups in total. The summed E-state index contributed by atoms with van der Waals surface area (Å²) in [5.41, 5.74) is 4.80. The molecule has 8 atom stereocenters. The predicted octanol–water partition coefficient (Wildman–Crippen LogP) is 3.43. The number of ether oxygens (including phenoxy) is 4. The zero-order valence-corrected chi connectivity index (χ0v) is 26.1. The Hall–Kier alpha value is -2.85. The molecule has 0 radical (unpaired) electrons. The number of likely N-dealkylation sites (N-methyl/N-ethyl adjacent to an activating group) is 2. The maximum atomic E-state index is 12.5. The fraction of sp³-hybridized carbons (Fsp3) is 0.639. The Labute approximate surface area is 263 Å². The number of hydrogen-bond donors (Lipinski definition) is 2. The summed E-state index contributed by atoms with van der Waals surface area (Å²) in [7, 11) is 4.45. The van der Waals surface area contributed by atoms with Crippen molar-refractivity contribution in [1.29, 1.82) is 0 Å². The van der Waals surface area contributed by atoms with Gasteiger partial charge in [0.05, 0.1) is 13.2 Å². The quantitative estimate of drug-likeness (QED) is 0.462. The van der Waals surface area contributed by atoms with E-state index in [1.165, 1.54) is 16.7 Å². The molecule has 2 aromatic rings. The highest BCUT2D eigenvalue weighted by atomic mass is 16.8. The van der Waals surface area contributed by atoms with Crippen LogP contribution in [0.3, 0.4) is 0 Å². The number of phenols is 2. The van der Waals surface area contributed by atoms with Crippen molar-refractivity contribution >= 4 is 5.78 Å². The van der Waals surface area contributed by atoms with Crippen LogP contribution < -0.4 is 9.47 Å². The normalized spacial score (nSPS) is 40.6. The van der Waals surface area contributed by atoms with E-state index in [1.807, 2.05) is 6.07 Å². The zero-order chi connectivity index (χ0) is 30.5. The van der Waals surface area contributed by atoms with Gasteiger partial charge in [0, 0.05) is 46.9 Å². The minimum Gasteiger partial charge on any atom is -0.504 e. The standard InChI is InChI=1S/C19H23NO4.C17H19NO3/c1-20-7-6-18-12-4-5-19(22-8-9-23-19)17(18)24-16-14(21)3-2-11(15(16)18)10-13(12)20;1-18-7-6-17-10-3-5-13(20)16(17)21-15-12(19)4-2-9(14(15)17)8-11(10)18/h2-3,12-13,17,21H,4-10H2,1H3;2,4,10-11,16,19H,3,5-8H2,1H3/t12-,13+,17+,18-;10-,11+,16-,17-/m00/s1. The first-order chi connectivity index (χ1) is 21.8. The molecule has 0 unspecified atom stereocenters. The van der Waals surface area contributed by atoms with Gasteiger partial charge in [-0.05, 0) is 101 Å². The second-order valence-electron chi connectivity index (χ2n) is 15.2. The molecule has 3 saturated heterocycles. The van der Waals surface area contributed by atoms with Gasteiger partial charge in [0.15, 0.2) is 41.0 Å². The Balaban J connectivity index is 0.000000119. The summed E-state index contributed by atoms with van der Waals surface area (Å²) in [5.74, 6) is 2.38. The number of fused-ring (bicyclic) bond motifs is 1. The molecular formula is C36H42N2O7. The maximum absolute atomic E-state index is 12.5. The number of likely N-dealkylation sites (tertiary alicyclic amines) is 2. The third kappa shape index (κ3) is 3.17. The lowest BCUT2D eigenvalue weighted by Crippen LogP contribution is -2.69. The van der Waals surface area contributed by atoms with Gasteiger partial charge in [0.1, 0.15) is 0 Å². The SMILES string of the molecule is CN1CC[C@]23c4c5ccc(O)c4O[C@H]2C(=O)CC[C@H]3[C@H]1C5.CN1CC[C@]23c4c5ccc(O)c4O[C@H]2C2(CC[C@H]3[C@H]1C5)OCCO2. The third-order valence-electron chi connectivity index (χ3n) is 13.8. The summed E-state index contributed by atoms with van der Waals surface area (Å²) in [6.07, 6.45) is 7.14. The molecule has 11 rings (SSSR count). The summed E-state index contributed by atoms with van der Waals surface area (Å²) in [4.78, 5) is 17.5. The van der Waals surface area contributed by atoms with Crippen molar-refractivity contribution in [2.75, 3.05) is 40.4 Å². The Bertz CT molecular complexity index is 1640. The van der Waals surface area contributed by atoms with E-state index >= 15 is 0 Å². The number of rotatable bonds is 0. The molecule has 9 heteroatoms. The summed E-state index contributed by atoms with van der Waals surface area (Å²) < 4.78 is 24.8. The lowest BCUT2D eigenvalue weighted by molar-refractivity contribution is -0.260. The number of carbonyl (C=O) groups is 1. The average molecular weight is 615 g/mol. The monoisotopic (exact) mass is 614 g/mol. The van der Waals surface area contributed by atoms with Crippen molar-refractivity contribution in [2.24, 2.45) is 11.8 Å². The molecule has 238 valence electrons. The number of phenolic OH excluding ortho intramolecular Hbond substituents is 2. The number of benzene rings is 2. The largest absolute Gasteiger partial charge is 0.504 e. The van der Waals surface area contributed by atoms with Crippen LogP contribution in [0.15, 0.2) is 24.3 Å². The number of piperidine rings is 2. The van der Waals surface area contributed by atoms with Gasteiger partial charge in [-0.1, -0.05) is 12.1 Å². The fourth-order valence-corrected chi connectivity index (χ4v) is 12.0. The van der Waals surface area contributed by atoms with Crippen LogP contribution in [-0.4, -0.2) is 96.3 Å². The van der Waals surface area contributed by atoms with Crippen LogP contribution in [0.4, 0.5) is 0 Å². The van der Waals surface area contributed by atoms with Gasteiger partial charge in [-0.25, -0.2) is 0 Å². The van der Waals surface area contributed by atoms with Crippen LogP contribution in [0.2, 0.25) is 0 Å². The minimum atomic E-state index is -0.628. The number of ketones is 1. The molecule has 4 aliphatic carbocycles. The lowest BCUT2D eigenvalue weighted by atomic mass is 9.50. The van der Waals surface area contributed by atoms with Crippen LogP contribution in [0.1, 0.15) is 60.8 Å². The molecule has 5 fully saturated rings. The highest BCUT2D eigenvalue weighted by Gasteiger charge is 2.71. The van der Waals surface area contributed by atoms with E-state index in [2.05, 4.69) is 30.0 Å². The molecule has 2 aromatic carbocycles. The third-order valence-corrected chi connectivity index (χ3v) is 13.8. The first kappa shape index (κ1) is 27.3. The number of carbonyl (C=O) groups excluding carboxylic acids is 1. The van der Waals surface area contributed by atoms with Crippen LogP contribution in [0, 0.1) is 11.8 Å². The molecule has 9 nitrogen and oxygen atoms in total.